The van der Waals surface area contributed by atoms with E-state index in [1.165, 1.54) is 7.11 Å². The van der Waals surface area contributed by atoms with E-state index in [2.05, 4.69) is 0 Å². The number of ether oxygens (including phenoxy) is 1. The number of hydrogen-bond acceptors (Lipinski definition) is 6. The second-order valence-electron chi connectivity index (χ2n) is 8.33. The number of carbonyl (C=O) groups is 5. The number of benzene rings is 1. The molecule has 2 amide bonds. The van der Waals surface area contributed by atoms with E-state index in [1.807, 2.05) is 0 Å². The molecule has 3 unspecified atom stereocenters. The summed E-state index contributed by atoms with van der Waals surface area (Å²) in [7, 11) is 1.22. The topological polar surface area (TPSA) is 97.8 Å². The summed E-state index contributed by atoms with van der Waals surface area (Å²) < 4.78 is 4.90. The Labute approximate surface area is 190 Å². The lowest BCUT2D eigenvalue weighted by atomic mass is 9.82. The van der Waals surface area contributed by atoms with Gasteiger partial charge >= 0.3 is 5.97 Å². The highest BCUT2D eigenvalue weighted by Crippen LogP contribution is 2.44. The first-order valence-corrected chi connectivity index (χ1v) is 10.8. The number of nitrogens with zero attached hydrogens (tertiary/aromatic N) is 1. The lowest BCUT2D eigenvalue weighted by Crippen LogP contribution is -2.56. The molecule has 1 saturated heterocycles. The minimum absolute atomic E-state index is 0.0591. The first-order valence-electron chi connectivity index (χ1n) is 10.4. The zero-order valence-electron chi connectivity index (χ0n) is 17.5. The largest absolute Gasteiger partial charge is 0.469 e. The van der Waals surface area contributed by atoms with E-state index in [9.17, 15) is 24.0 Å². The van der Waals surface area contributed by atoms with Gasteiger partial charge in [0, 0.05) is 24.3 Å². The smallest absolute Gasteiger partial charge is 0.313 e. The van der Waals surface area contributed by atoms with Crippen molar-refractivity contribution in [2.24, 2.45) is 11.8 Å². The summed E-state index contributed by atoms with van der Waals surface area (Å²) in [6, 6.07) is 6.45. The Balaban J connectivity index is 1.70. The van der Waals surface area contributed by atoms with Crippen LogP contribution in [0.5, 0.6) is 0 Å². The molecule has 0 radical (unpaired) electrons. The molecular weight excluding hydrogens is 434 g/mol. The number of carbonyl (C=O) groups excluding carboxylic acids is 5. The fraction of sp³-hybridized carbons (Fsp3) is 0.375. The van der Waals surface area contributed by atoms with Crippen LogP contribution in [0.1, 0.15) is 37.2 Å². The number of likely N-dealkylation sites (tertiary alicyclic amines) is 1. The highest BCUT2D eigenvalue weighted by Gasteiger charge is 2.59. The Kier molecular flexibility index (Phi) is 5.86. The quantitative estimate of drug-likeness (QED) is 0.483. The molecular formula is C24H22ClNO6. The van der Waals surface area contributed by atoms with E-state index < -0.39 is 46.9 Å². The number of ketones is 2. The number of hydrogen-bond donors (Lipinski definition) is 0. The summed E-state index contributed by atoms with van der Waals surface area (Å²) in [5, 5.41) is 0.471. The van der Waals surface area contributed by atoms with Crippen molar-refractivity contribution >= 4 is 41.0 Å². The summed E-state index contributed by atoms with van der Waals surface area (Å²) in [6.45, 7) is 0. The fourth-order valence-corrected chi connectivity index (χ4v) is 4.99. The molecule has 32 heavy (non-hydrogen) atoms. The highest BCUT2D eigenvalue weighted by molar-refractivity contribution is 6.30. The van der Waals surface area contributed by atoms with Gasteiger partial charge in [-0.25, -0.2) is 0 Å². The third-order valence-electron chi connectivity index (χ3n) is 6.55. The summed E-state index contributed by atoms with van der Waals surface area (Å²) in [5.41, 5.74) is -1.06. The normalized spacial score (nSPS) is 27.6. The first kappa shape index (κ1) is 22.1. The maximum atomic E-state index is 13.7. The van der Waals surface area contributed by atoms with Crippen molar-refractivity contribution in [2.45, 2.75) is 37.1 Å². The monoisotopic (exact) mass is 455 g/mol. The average molecular weight is 456 g/mol. The Morgan fingerprint density at radius 3 is 2.19 bits per heavy atom. The van der Waals surface area contributed by atoms with Crippen LogP contribution in [0, 0.1) is 11.8 Å². The number of halogens is 1. The van der Waals surface area contributed by atoms with Crippen LogP contribution in [-0.2, 0) is 28.7 Å². The van der Waals surface area contributed by atoms with Crippen LogP contribution in [0.25, 0.3) is 0 Å². The molecule has 2 fully saturated rings. The lowest BCUT2D eigenvalue weighted by Gasteiger charge is -2.36. The van der Waals surface area contributed by atoms with Gasteiger partial charge in [-0.1, -0.05) is 48.0 Å². The predicted molar refractivity (Wildman–Crippen MR) is 115 cm³/mol. The average Bonchev–Trinajstić information content (AvgIpc) is 3.30. The molecule has 7 nitrogen and oxygen atoms in total. The van der Waals surface area contributed by atoms with Gasteiger partial charge in [-0.2, -0.15) is 0 Å². The number of fused-ring (bicyclic) bond motifs is 1. The van der Waals surface area contributed by atoms with Crippen LogP contribution in [0.15, 0.2) is 48.6 Å². The van der Waals surface area contributed by atoms with Gasteiger partial charge < -0.3 is 4.74 Å². The minimum atomic E-state index is -1.58. The lowest BCUT2D eigenvalue weighted by molar-refractivity contribution is -0.154. The van der Waals surface area contributed by atoms with Crippen LogP contribution in [0.4, 0.5) is 0 Å². The Bertz CT molecular complexity index is 1030. The molecule has 2 aliphatic carbocycles. The van der Waals surface area contributed by atoms with Crippen LogP contribution in [0.3, 0.4) is 0 Å². The standard InChI is InChI=1S/C24H22ClNO6/c1-32-23(31)19(14-6-8-15(25)9-7-14)12-20(28)24(11-10-16(27)13-24)26-21(29)17-4-2-3-5-18(17)22(26)30/h2-9,17-19H,10-13H2,1H3/t17?,18?,19-,24?/m0/s1. The van der Waals surface area contributed by atoms with Crippen molar-refractivity contribution in [3.05, 3.63) is 59.2 Å². The minimum Gasteiger partial charge on any atom is -0.469 e. The van der Waals surface area contributed by atoms with Gasteiger partial charge in [0.25, 0.3) is 0 Å². The third kappa shape index (κ3) is 3.60. The van der Waals surface area contributed by atoms with E-state index >= 15 is 0 Å². The molecule has 1 aromatic rings. The number of rotatable bonds is 6. The van der Waals surface area contributed by atoms with Gasteiger partial charge in [-0.05, 0) is 24.1 Å². The molecule has 0 aromatic heterocycles. The molecule has 0 N–H and O–H groups in total. The van der Waals surface area contributed by atoms with Crippen molar-refractivity contribution < 1.29 is 28.7 Å². The van der Waals surface area contributed by atoms with Gasteiger partial charge in [0.2, 0.25) is 11.8 Å². The Morgan fingerprint density at radius 1 is 1.09 bits per heavy atom. The molecule has 3 aliphatic rings. The van der Waals surface area contributed by atoms with Gasteiger partial charge in [0.1, 0.15) is 11.3 Å². The summed E-state index contributed by atoms with van der Waals surface area (Å²) in [6.07, 6.45) is 6.28. The number of Topliss-reactive ketones (excluding diaryl/α,β-unsaturated/α-hetero) is 2. The summed E-state index contributed by atoms with van der Waals surface area (Å²) in [4.78, 5) is 65.9. The molecule has 1 aromatic carbocycles. The number of allylic oxidation sites excluding steroid dienone is 2. The fourth-order valence-electron chi connectivity index (χ4n) is 4.86. The zero-order valence-corrected chi connectivity index (χ0v) is 18.2. The van der Waals surface area contributed by atoms with Crippen LogP contribution in [0.2, 0.25) is 5.02 Å². The van der Waals surface area contributed by atoms with Gasteiger partial charge in [0.15, 0.2) is 5.78 Å². The highest BCUT2D eigenvalue weighted by atomic mass is 35.5. The summed E-state index contributed by atoms with van der Waals surface area (Å²) in [5.74, 6) is -4.59. The number of esters is 1. The molecule has 166 valence electrons. The van der Waals surface area contributed by atoms with Gasteiger partial charge in [0.05, 0.1) is 24.9 Å². The first-order chi connectivity index (χ1) is 15.3. The Hall–Kier alpha value is -3.06. The molecule has 0 bridgehead atoms. The van der Waals surface area contributed by atoms with Crippen LogP contribution < -0.4 is 0 Å². The zero-order chi connectivity index (χ0) is 23.0. The van der Waals surface area contributed by atoms with Crippen molar-refractivity contribution in [1.29, 1.82) is 0 Å². The molecule has 0 spiro atoms. The predicted octanol–water partition coefficient (Wildman–Crippen LogP) is 2.77. The van der Waals surface area contributed by atoms with Crippen molar-refractivity contribution in [3.8, 4) is 0 Å². The van der Waals surface area contributed by atoms with E-state index in [0.717, 1.165) is 4.90 Å². The number of imide groups is 1. The van der Waals surface area contributed by atoms with Crippen LogP contribution in [-0.4, -0.2) is 46.9 Å². The second-order valence-corrected chi connectivity index (χ2v) is 8.77. The van der Waals surface area contributed by atoms with Gasteiger partial charge in [-0.15, -0.1) is 0 Å². The van der Waals surface area contributed by atoms with Gasteiger partial charge in [-0.3, -0.25) is 28.9 Å². The van der Waals surface area contributed by atoms with Crippen molar-refractivity contribution in [2.75, 3.05) is 7.11 Å². The second kappa shape index (κ2) is 8.47. The molecule has 4 rings (SSSR count). The molecule has 4 atom stereocenters. The molecule has 1 heterocycles. The maximum absolute atomic E-state index is 13.7. The maximum Gasteiger partial charge on any atom is 0.313 e. The van der Waals surface area contributed by atoms with Crippen molar-refractivity contribution in [1.82, 2.24) is 4.90 Å². The van der Waals surface area contributed by atoms with E-state index in [4.69, 9.17) is 16.3 Å². The Morgan fingerprint density at radius 2 is 1.69 bits per heavy atom. The van der Waals surface area contributed by atoms with Crippen molar-refractivity contribution in [3.63, 3.8) is 0 Å². The number of amides is 2. The molecule has 8 heteroatoms. The van der Waals surface area contributed by atoms with E-state index in [1.54, 1.807) is 48.6 Å². The molecule has 1 aliphatic heterocycles. The third-order valence-corrected chi connectivity index (χ3v) is 6.80. The molecule has 1 saturated carbocycles. The summed E-state index contributed by atoms with van der Waals surface area (Å²) >= 11 is 5.94. The number of methoxy groups -OCH3 is 1. The van der Waals surface area contributed by atoms with E-state index in [0.29, 0.717) is 10.6 Å². The van der Waals surface area contributed by atoms with Crippen LogP contribution >= 0.6 is 11.6 Å². The van der Waals surface area contributed by atoms with E-state index in [-0.39, 0.29) is 31.5 Å². The SMILES string of the molecule is COC(=O)[C@@H](CC(=O)C1(N2C(=O)C3C=CC=CC3C2=O)CCC(=O)C1)c1ccc(Cl)cc1.